The van der Waals surface area contributed by atoms with Crippen LogP contribution < -0.4 is 5.32 Å². The Morgan fingerprint density at radius 1 is 0.784 bits per heavy atom. The molecule has 198 valence electrons. The molecule has 0 bridgehead atoms. The first-order chi connectivity index (χ1) is 17.5. The van der Waals surface area contributed by atoms with Crippen LogP contribution in [0.3, 0.4) is 0 Å². The Bertz CT molecular complexity index is 1180. The van der Waals surface area contributed by atoms with Crippen LogP contribution in [-0.2, 0) is 49.3 Å². The second kappa shape index (κ2) is 12.6. The normalized spacial score (nSPS) is 23.0. The SMILES string of the molecule is CC(=O)OCC1SC(OC(C)=O)C(NC(=O)Cc2cccc3ccccc23)C(OC(C)=O)C1OC(C)=O. The topological polar surface area (TPSA) is 134 Å². The fourth-order valence-electron chi connectivity index (χ4n) is 4.18. The largest absolute Gasteiger partial charge is 0.465 e. The molecule has 1 saturated heterocycles. The molecule has 37 heavy (non-hydrogen) atoms. The quantitative estimate of drug-likeness (QED) is 0.399. The van der Waals surface area contributed by atoms with Crippen molar-refractivity contribution in [3.8, 4) is 0 Å². The molecule has 3 rings (SSSR count). The zero-order chi connectivity index (χ0) is 27.1. The predicted molar refractivity (Wildman–Crippen MR) is 134 cm³/mol. The van der Waals surface area contributed by atoms with Gasteiger partial charge >= 0.3 is 23.9 Å². The van der Waals surface area contributed by atoms with E-state index in [1.807, 2.05) is 42.5 Å². The van der Waals surface area contributed by atoms with Crippen LogP contribution in [-0.4, -0.2) is 65.3 Å². The Labute approximate surface area is 218 Å². The average Bonchev–Trinajstić information content (AvgIpc) is 2.81. The van der Waals surface area contributed by atoms with Crippen molar-refractivity contribution in [3.05, 3.63) is 48.0 Å². The maximum Gasteiger partial charge on any atom is 0.303 e. The second-order valence-electron chi connectivity index (χ2n) is 8.51. The molecule has 5 unspecified atom stereocenters. The number of thioether (sulfide) groups is 1. The number of rotatable bonds is 8. The first-order valence-corrected chi connectivity index (χ1v) is 12.6. The van der Waals surface area contributed by atoms with Gasteiger partial charge in [0.05, 0.1) is 11.7 Å². The van der Waals surface area contributed by atoms with Gasteiger partial charge in [0.15, 0.2) is 17.6 Å². The zero-order valence-corrected chi connectivity index (χ0v) is 21.7. The van der Waals surface area contributed by atoms with Crippen molar-refractivity contribution in [2.24, 2.45) is 0 Å². The molecule has 1 aliphatic heterocycles. The minimum absolute atomic E-state index is 0.00277. The third kappa shape index (κ3) is 7.69. The molecule has 1 N–H and O–H groups in total. The maximum absolute atomic E-state index is 13.2. The highest BCUT2D eigenvalue weighted by molar-refractivity contribution is 8.00. The van der Waals surface area contributed by atoms with E-state index in [1.165, 1.54) is 27.7 Å². The number of esters is 4. The van der Waals surface area contributed by atoms with Crippen molar-refractivity contribution in [3.63, 3.8) is 0 Å². The van der Waals surface area contributed by atoms with Crippen LogP contribution in [0.1, 0.15) is 33.3 Å². The third-order valence-corrected chi connectivity index (χ3v) is 6.95. The molecule has 1 heterocycles. The van der Waals surface area contributed by atoms with E-state index in [4.69, 9.17) is 18.9 Å². The Morgan fingerprint density at radius 3 is 2.05 bits per heavy atom. The van der Waals surface area contributed by atoms with Crippen LogP contribution in [0.25, 0.3) is 10.8 Å². The van der Waals surface area contributed by atoms with Crippen LogP contribution >= 0.6 is 11.8 Å². The van der Waals surface area contributed by atoms with Gasteiger partial charge < -0.3 is 24.3 Å². The van der Waals surface area contributed by atoms with Crippen LogP contribution in [0.4, 0.5) is 0 Å². The van der Waals surface area contributed by atoms with Crippen LogP contribution in [0, 0.1) is 0 Å². The van der Waals surface area contributed by atoms with Gasteiger partial charge in [-0.25, -0.2) is 0 Å². The second-order valence-corrected chi connectivity index (χ2v) is 9.85. The summed E-state index contributed by atoms with van der Waals surface area (Å²) in [5.74, 6) is -2.99. The molecule has 2 aromatic rings. The monoisotopic (exact) mass is 531 g/mol. The standard InChI is InChI=1S/C26H29NO9S/c1-14(28)33-13-21-24(34-15(2)29)25(35-16(3)30)23(26(37-21)36-17(4)31)27-22(32)12-19-10-7-9-18-8-5-6-11-20(18)19/h5-11,21,23-26H,12-13H2,1-4H3,(H,27,32). The van der Waals surface area contributed by atoms with E-state index in [9.17, 15) is 24.0 Å². The highest BCUT2D eigenvalue weighted by Gasteiger charge is 2.51. The summed E-state index contributed by atoms with van der Waals surface area (Å²) in [4.78, 5) is 60.6. The lowest BCUT2D eigenvalue weighted by Gasteiger charge is -2.44. The van der Waals surface area contributed by atoms with Crippen molar-refractivity contribution in [1.29, 1.82) is 0 Å². The minimum Gasteiger partial charge on any atom is -0.465 e. The van der Waals surface area contributed by atoms with E-state index in [1.54, 1.807) is 0 Å². The number of amides is 1. The summed E-state index contributed by atoms with van der Waals surface area (Å²) >= 11 is 1.04. The number of hydrogen-bond acceptors (Lipinski definition) is 10. The number of fused-ring (bicyclic) bond motifs is 1. The smallest absolute Gasteiger partial charge is 0.303 e. The van der Waals surface area contributed by atoms with Crippen LogP contribution in [0.5, 0.6) is 0 Å². The first kappa shape index (κ1) is 28.0. The summed E-state index contributed by atoms with van der Waals surface area (Å²) in [5, 5.41) is 3.96. The molecule has 2 aromatic carbocycles. The summed E-state index contributed by atoms with van der Waals surface area (Å²) in [7, 11) is 0. The van der Waals surface area contributed by atoms with Gasteiger partial charge in [0.2, 0.25) is 5.91 Å². The number of ether oxygens (including phenoxy) is 4. The maximum atomic E-state index is 13.2. The summed E-state index contributed by atoms with van der Waals surface area (Å²) in [6.07, 6.45) is -2.32. The predicted octanol–water partition coefficient (Wildman–Crippen LogP) is 2.30. The molecular weight excluding hydrogens is 502 g/mol. The van der Waals surface area contributed by atoms with Gasteiger partial charge in [-0.15, -0.1) is 11.8 Å². The molecule has 10 nitrogen and oxygen atoms in total. The summed E-state index contributed by atoms with van der Waals surface area (Å²) in [6.45, 7) is 4.58. The number of nitrogens with one attached hydrogen (secondary N) is 1. The number of hydrogen-bond donors (Lipinski definition) is 1. The first-order valence-electron chi connectivity index (χ1n) is 11.6. The van der Waals surface area contributed by atoms with Crippen molar-refractivity contribution < 1.29 is 42.9 Å². The summed E-state index contributed by atoms with van der Waals surface area (Å²) < 4.78 is 21.6. The van der Waals surface area contributed by atoms with Crippen LogP contribution in [0.15, 0.2) is 42.5 Å². The van der Waals surface area contributed by atoms with E-state index < -0.39 is 58.7 Å². The molecule has 0 spiro atoms. The minimum atomic E-state index is -1.22. The van der Waals surface area contributed by atoms with Crippen molar-refractivity contribution in [2.75, 3.05) is 6.61 Å². The molecule has 1 amide bonds. The Hall–Kier alpha value is -3.60. The number of benzene rings is 2. The lowest BCUT2D eigenvalue weighted by molar-refractivity contribution is -0.175. The van der Waals surface area contributed by atoms with E-state index in [-0.39, 0.29) is 13.0 Å². The Morgan fingerprint density at radius 2 is 1.41 bits per heavy atom. The van der Waals surface area contributed by atoms with E-state index in [0.29, 0.717) is 0 Å². The van der Waals surface area contributed by atoms with Gasteiger partial charge in [0.25, 0.3) is 0 Å². The van der Waals surface area contributed by atoms with Crippen LogP contribution in [0.2, 0.25) is 0 Å². The van der Waals surface area contributed by atoms with Gasteiger partial charge in [-0.05, 0) is 16.3 Å². The highest BCUT2D eigenvalue weighted by Crippen LogP contribution is 2.37. The lowest BCUT2D eigenvalue weighted by Crippen LogP contribution is -2.63. The molecule has 0 saturated carbocycles. The molecule has 11 heteroatoms. The molecule has 0 aromatic heterocycles. The zero-order valence-electron chi connectivity index (χ0n) is 20.9. The molecule has 1 fully saturated rings. The van der Waals surface area contributed by atoms with Gasteiger partial charge in [-0.1, -0.05) is 42.5 Å². The molecule has 1 aliphatic rings. The fraction of sp³-hybridized carbons (Fsp3) is 0.423. The van der Waals surface area contributed by atoms with Gasteiger partial charge in [-0.3, -0.25) is 24.0 Å². The summed E-state index contributed by atoms with van der Waals surface area (Å²) in [6, 6.07) is 12.2. The Kier molecular flexibility index (Phi) is 9.51. The molecule has 5 atom stereocenters. The Balaban J connectivity index is 1.93. The molecular formula is C26H29NO9S. The molecule has 0 radical (unpaired) electrons. The van der Waals surface area contributed by atoms with Crippen molar-refractivity contribution in [2.45, 2.75) is 63.1 Å². The van der Waals surface area contributed by atoms with E-state index in [2.05, 4.69) is 5.32 Å². The fourth-order valence-corrected chi connectivity index (χ4v) is 5.62. The third-order valence-electron chi connectivity index (χ3n) is 5.54. The number of carbonyl (C=O) groups excluding carboxylic acids is 5. The van der Waals surface area contributed by atoms with E-state index >= 15 is 0 Å². The van der Waals surface area contributed by atoms with Gasteiger partial charge in [-0.2, -0.15) is 0 Å². The molecule has 0 aliphatic carbocycles. The van der Waals surface area contributed by atoms with Crippen molar-refractivity contribution >= 4 is 52.3 Å². The highest BCUT2D eigenvalue weighted by atomic mass is 32.2. The lowest BCUT2D eigenvalue weighted by atomic mass is 9.99. The average molecular weight is 532 g/mol. The van der Waals surface area contributed by atoms with Crippen molar-refractivity contribution in [1.82, 2.24) is 5.32 Å². The van der Waals surface area contributed by atoms with E-state index in [0.717, 1.165) is 28.1 Å². The van der Waals surface area contributed by atoms with Gasteiger partial charge in [0.1, 0.15) is 12.6 Å². The van der Waals surface area contributed by atoms with Gasteiger partial charge in [0, 0.05) is 27.7 Å². The number of carbonyl (C=O) groups is 5. The summed E-state index contributed by atoms with van der Waals surface area (Å²) in [5.41, 5.74) is -0.248.